The van der Waals surface area contributed by atoms with Crippen LogP contribution in [0.4, 0.5) is 4.39 Å². The number of benzene rings is 2. The normalized spacial score (nSPS) is 12.2. The van der Waals surface area contributed by atoms with Gasteiger partial charge in [-0.1, -0.05) is 55.1 Å². The highest BCUT2D eigenvalue weighted by atomic mass is 19.1. The molecule has 1 aromatic heterocycles. The van der Waals surface area contributed by atoms with Crippen molar-refractivity contribution in [3.8, 4) is 11.3 Å². The molecule has 0 saturated carbocycles. The maximum absolute atomic E-state index is 13.9. The van der Waals surface area contributed by atoms with Crippen LogP contribution in [-0.4, -0.2) is 17.6 Å². The zero-order valence-corrected chi connectivity index (χ0v) is 16.0. The van der Waals surface area contributed by atoms with Crippen molar-refractivity contribution in [2.75, 3.05) is 7.11 Å². The Hall–Kier alpha value is -3.40. The first-order chi connectivity index (χ1) is 13.5. The lowest BCUT2D eigenvalue weighted by Gasteiger charge is -2.11. The molecule has 0 unspecified atom stereocenters. The Bertz CT molecular complexity index is 1130. The third-order valence-corrected chi connectivity index (χ3v) is 4.57. The smallest absolute Gasteiger partial charge is 0.337 e. The fraction of sp³-hybridized carbons (Fsp3) is 0.125. The maximum atomic E-state index is 13.9. The Balaban J connectivity index is 2.13. The minimum atomic E-state index is -0.378. The van der Waals surface area contributed by atoms with Crippen molar-refractivity contribution in [1.29, 1.82) is 0 Å². The molecule has 3 nitrogen and oxygen atoms in total. The molecular formula is C24H22FNO2. The zero-order chi connectivity index (χ0) is 20.1. The molecule has 0 N–H and O–H groups in total. The molecule has 1 heterocycles. The summed E-state index contributed by atoms with van der Waals surface area (Å²) in [7, 11) is 1.36. The molecule has 3 rings (SSSR count). The van der Waals surface area contributed by atoms with Gasteiger partial charge in [0.25, 0.3) is 0 Å². The fourth-order valence-electron chi connectivity index (χ4n) is 3.09. The number of methoxy groups -OCH3 is 1. The number of nitrogens with zero attached hydrogens (tertiary/aromatic N) is 1. The number of carbonyl (C=O) groups is 1. The van der Waals surface area contributed by atoms with Gasteiger partial charge in [-0.05, 0) is 42.3 Å². The summed E-state index contributed by atoms with van der Waals surface area (Å²) in [4.78, 5) is 11.8. The molecule has 2 aromatic carbocycles. The Labute approximate surface area is 163 Å². The molecule has 0 aliphatic heterocycles. The van der Waals surface area contributed by atoms with Crippen LogP contribution in [0.5, 0.6) is 0 Å². The van der Waals surface area contributed by atoms with Gasteiger partial charge in [0.05, 0.1) is 12.7 Å². The molecule has 0 bridgehead atoms. The van der Waals surface area contributed by atoms with E-state index in [4.69, 9.17) is 4.74 Å². The van der Waals surface area contributed by atoms with Crippen molar-refractivity contribution >= 4 is 18.6 Å². The van der Waals surface area contributed by atoms with E-state index in [-0.39, 0.29) is 11.8 Å². The van der Waals surface area contributed by atoms with E-state index in [1.54, 1.807) is 19.1 Å². The number of esters is 1. The van der Waals surface area contributed by atoms with Gasteiger partial charge in [-0.25, -0.2) is 9.18 Å². The predicted molar refractivity (Wildman–Crippen MR) is 111 cm³/mol. The average Bonchev–Trinajstić information content (AvgIpc) is 3.03. The summed E-state index contributed by atoms with van der Waals surface area (Å²) in [5.41, 5.74) is 3.37. The Kier molecular flexibility index (Phi) is 5.90. The largest absolute Gasteiger partial charge is 0.465 e. The minimum Gasteiger partial charge on any atom is -0.465 e. The van der Waals surface area contributed by atoms with Gasteiger partial charge in [-0.2, -0.15) is 0 Å². The van der Waals surface area contributed by atoms with Crippen molar-refractivity contribution in [2.24, 2.45) is 0 Å². The third-order valence-electron chi connectivity index (χ3n) is 4.57. The molecule has 0 radical (unpaired) electrons. The van der Waals surface area contributed by atoms with Gasteiger partial charge in [0.1, 0.15) is 5.83 Å². The summed E-state index contributed by atoms with van der Waals surface area (Å²) in [5, 5.41) is 1.43. The molecule has 0 atom stereocenters. The summed E-state index contributed by atoms with van der Waals surface area (Å²) >= 11 is 0. The van der Waals surface area contributed by atoms with E-state index in [1.165, 1.54) is 19.3 Å². The maximum Gasteiger partial charge on any atom is 0.337 e. The Morgan fingerprint density at radius 3 is 2.57 bits per heavy atom. The van der Waals surface area contributed by atoms with Crippen molar-refractivity contribution in [1.82, 2.24) is 4.57 Å². The highest BCUT2D eigenvalue weighted by Gasteiger charge is 2.10. The Morgan fingerprint density at radius 1 is 1.14 bits per heavy atom. The van der Waals surface area contributed by atoms with E-state index < -0.39 is 0 Å². The van der Waals surface area contributed by atoms with E-state index in [0.29, 0.717) is 17.5 Å². The lowest BCUT2D eigenvalue weighted by Crippen LogP contribution is -2.28. The van der Waals surface area contributed by atoms with E-state index in [1.807, 2.05) is 53.1 Å². The third kappa shape index (κ3) is 4.12. The van der Waals surface area contributed by atoms with Gasteiger partial charge in [0.2, 0.25) is 0 Å². The SMILES string of the molecule is C=c1/c(=C\C(F)=C/C)cc(-c2ccccc2)n1Cc1cccc(C(=O)OC)c1. The van der Waals surface area contributed by atoms with Crippen LogP contribution >= 0.6 is 0 Å². The van der Waals surface area contributed by atoms with Crippen LogP contribution in [-0.2, 0) is 11.3 Å². The molecule has 3 aromatic rings. The molecule has 4 heteroatoms. The van der Waals surface area contributed by atoms with Crippen molar-refractivity contribution < 1.29 is 13.9 Å². The quantitative estimate of drug-likeness (QED) is 0.630. The van der Waals surface area contributed by atoms with Gasteiger partial charge < -0.3 is 9.30 Å². The monoisotopic (exact) mass is 375 g/mol. The lowest BCUT2D eigenvalue weighted by molar-refractivity contribution is 0.0600. The topological polar surface area (TPSA) is 31.2 Å². The van der Waals surface area contributed by atoms with Crippen molar-refractivity contribution in [3.05, 3.63) is 94.3 Å². The number of carbonyl (C=O) groups excluding carboxylic acids is 1. The van der Waals surface area contributed by atoms with Crippen molar-refractivity contribution in [3.63, 3.8) is 0 Å². The van der Waals surface area contributed by atoms with Gasteiger partial charge in [0.15, 0.2) is 0 Å². The second-order valence-electron chi connectivity index (χ2n) is 6.39. The molecule has 0 fully saturated rings. The fourth-order valence-corrected chi connectivity index (χ4v) is 3.09. The molecule has 142 valence electrons. The highest BCUT2D eigenvalue weighted by molar-refractivity contribution is 5.89. The number of allylic oxidation sites excluding steroid dienone is 2. The van der Waals surface area contributed by atoms with Gasteiger partial charge in [-0.3, -0.25) is 0 Å². The van der Waals surface area contributed by atoms with E-state index in [2.05, 4.69) is 6.58 Å². The number of hydrogen-bond donors (Lipinski definition) is 0. The summed E-state index contributed by atoms with van der Waals surface area (Å²) in [6.07, 6.45) is 2.90. The van der Waals surface area contributed by atoms with Crippen LogP contribution in [0.25, 0.3) is 23.9 Å². The molecule has 0 saturated heterocycles. The van der Waals surface area contributed by atoms with Crippen LogP contribution < -0.4 is 10.6 Å². The molecular weight excluding hydrogens is 353 g/mol. The number of ether oxygens (including phenoxy) is 1. The van der Waals surface area contributed by atoms with Crippen LogP contribution in [0.2, 0.25) is 0 Å². The summed E-state index contributed by atoms with van der Waals surface area (Å²) in [6, 6.07) is 19.1. The van der Waals surface area contributed by atoms with Crippen LogP contribution in [0.1, 0.15) is 22.8 Å². The first-order valence-corrected chi connectivity index (χ1v) is 8.98. The van der Waals surface area contributed by atoms with Crippen LogP contribution in [0, 0.1) is 0 Å². The molecule has 0 spiro atoms. The minimum absolute atomic E-state index is 0.311. The van der Waals surface area contributed by atoms with Gasteiger partial charge >= 0.3 is 5.97 Å². The number of halogens is 1. The molecule has 28 heavy (non-hydrogen) atoms. The molecule has 0 amide bonds. The summed E-state index contributed by atoms with van der Waals surface area (Å²) in [5.74, 6) is -0.689. The predicted octanol–water partition coefficient (Wildman–Crippen LogP) is 4.05. The van der Waals surface area contributed by atoms with E-state index in [9.17, 15) is 9.18 Å². The van der Waals surface area contributed by atoms with E-state index >= 15 is 0 Å². The lowest BCUT2D eigenvalue weighted by atomic mass is 10.1. The first-order valence-electron chi connectivity index (χ1n) is 8.98. The molecule has 0 aliphatic rings. The van der Waals surface area contributed by atoms with Gasteiger partial charge in [0, 0.05) is 22.8 Å². The molecule has 0 aliphatic carbocycles. The van der Waals surface area contributed by atoms with Crippen molar-refractivity contribution in [2.45, 2.75) is 13.5 Å². The zero-order valence-electron chi connectivity index (χ0n) is 16.0. The second-order valence-corrected chi connectivity index (χ2v) is 6.39. The van der Waals surface area contributed by atoms with Crippen LogP contribution in [0.15, 0.2) is 72.6 Å². The Morgan fingerprint density at radius 2 is 1.89 bits per heavy atom. The average molecular weight is 375 g/mol. The van der Waals surface area contributed by atoms with E-state index in [0.717, 1.165) is 22.0 Å². The number of aromatic nitrogens is 1. The standard InChI is InChI=1S/C24H22FNO2/c1-4-22(25)14-21-15-23(19-10-6-5-7-11-19)26(17(21)2)16-18-9-8-12-20(13-18)24(27)28-3/h4-15H,2,16H2,1,3H3/b21-14-,22-4+. The first kappa shape index (κ1) is 19.4. The van der Waals surface area contributed by atoms with Gasteiger partial charge in [-0.15, -0.1) is 0 Å². The highest BCUT2D eigenvalue weighted by Crippen LogP contribution is 2.18. The number of hydrogen-bond acceptors (Lipinski definition) is 2. The second kappa shape index (κ2) is 8.53. The summed E-state index contributed by atoms with van der Waals surface area (Å²) in [6.45, 7) is 6.32. The number of rotatable bonds is 5. The summed E-state index contributed by atoms with van der Waals surface area (Å²) < 4.78 is 20.7. The van der Waals surface area contributed by atoms with Crippen LogP contribution in [0.3, 0.4) is 0 Å².